The van der Waals surface area contributed by atoms with Gasteiger partial charge in [0, 0.05) is 31.1 Å². The van der Waals surface area contributed by atoms with Gasteiger partial charge in [0.25, 0.3) is 11.6 Å². The van der Waals surface area contributed by atoms with E-state index in [1.165, 1.54) is 41.9 Å². The molecule has 5 rings (SSSR count). The molecule has 1 aliphatic rings. The predicted molar refractivity (Wildman–Crippen MR) is 159 cm³/mol. The number of aryl methyl sites for hydroxylation is 2. The van der Waals surface area contributed by atoms with E-state index >= 15 is 0 Å². The number of likely N-dealkylation sites (N-methyl/N-ethyl adjacent to an activating group) is 1. The summed E-state index contributed by atoms with van der Waals surface area (Å²) in [5, 5.41) is 15.3. The summed E-state index contributed by atoms with van der Waals surface area (Å²) in [5.74, 6) is -1.75. The maximum absolute atomic E-state index is 14.5. The number of hydrogen-bond donors (Lipinski definition) is 0. The molecule has 1 aromatic heterocycles. The average Bonchev–Trinajstić information content (AvgIpc) is 3.00. The lowest BCUT2D eigenvalue weighted by molar-refractivity contribution is -0.384. The SMILES string of the molecule is CCN1CC(C(c2cccc(C)c2)c2cccc(F)c2)n2ncc(=O)c(OCOC(=O)Oc3ccc([N+](=O)[O-])cc3C)c2C1=O. The molecule has 0 N–H and O–H groups in total. The van der Waals surface area contributed by atoms with Gasteiger partial charge in [-0.1, -0.05) is 42.0 Å². The number of fused-ring (bicyclic) bond motifs is 1. The van der Waals surface area contributed by atoms with E-state index in [4.69, 9.17) is 14.2 Å². The minimum atomic E-state index is -1.19. The summed E-state index contributed by atoms with van der Waals surface area (Å²) >= 11 is 0. The van der Waals surface area contributed by atoms with Crippen molar-refractivity contribution < 1.29 is 33.1 Å². The van der Waals surface area contributed by atoms with E-state index in [0.29, 0.717) is 17.7 Å². The molecular weight excluding hydrogens is 587 g/mol. The number of amides is 1. The Morgan fingerprint density at radius 3 is 2.49 bits per heavy atom. The summed E-state index contributed by atoms with van der Waals surface area (Å²) in [5.41, 5.74) is 1.78. The molecular formula is C32H29FN4O8. The van der Waals surface area contributed by atoms with Gasteiger partial charge in [-0.3, -0.25) is 24.4 Å². The van der Waals surface area contributed by atoms with Crippen LogP contribution >= 0.6 is 0 Å². The molecule has 2 heterocycles. The quantitative estimate of drug-likeness (QED) is 0.0804. The third-order valence-corrected chi connectivity index (χ3v) is 7.50. The summed E-state index contributed by atoms with van der Waals surface area (Å²) in [6, 6.07) is 17.0. The van der Waals surface area contributed by atoms with Crippen LogP contribution in [0.4, 0.5) is 14.9 Å². The molecule has 45 heavy (non-hydrogen) atoms. The maximum Gasteiger partial charge on any atom is 0.516 e. The van der Waals surface area contributed by atoms with Crippen molar-refractivity contribution in [2.75, 3.05) is 19.9 Å². The van der Waals surface area contributed by atoms with Gasteiger partial charge in [-0.25, -0.2) is 9.18 Å². The molecule has 13 heteroatoms. The second kappa shape index (κ2) is 13.0. The first-order chi connectivity index (χ1) is 21.6. The van der Waals surface area contributed by atoms with Crippen LogP contribution in [0.25, 0.3) is 0 Å². The van der Waals surface area contributed by atoms with Crippen molar-refractivity contribution in [1.29, 1.82) is 0 Å². The van der Waals surface area contributed by atoms with Crippen LogP contribution in [-0.4, -0.2) is 51.5 Å². The molecule has 0 radical (unpaired) electrons. The molecule has 0 aliphatic carbocycles. The van der Waals surface area contributed by atoms with E-state index in [9.17, 15) is 28.9 Å². The molecule has 4 aromatic rings. The minimum absolute atomic E-state index is 0.0307. The second-order valence-corrected chi connectivity index (χ2v) is 10.5. The number of halogens is 1. The van der Waals surface area contributed by atoms with Crippen LogP contribution in [0.2, 0.25) is 0 Å². The van der Waals surface area contributed by atoms with E-state index in [1.807, 2.05) is 31.2 Å². The molecule has 0 bridgehead atoms. The van der Waals surface area contributed by atoms with Crippen molar-refractivity contribution in [2.45, 2.75) is 32.7 Å². The number of nitrogens with zero attached hydrogens (tertiary/aromatic N) is 4. The third kappa shape index (κ3) is 6.51. The molecule has 0 spiro atoms. The fourth-order valence-corrected chi connectivity index (χ4v) is 5.41. The van der Waals surface area contributed by atoms with E-state index in [-0.39, 0.29) is 29.4 Å². The van der Waals surface area contributed by atoms with E-state index < -0.39 is 47.0 Å². The van der Waals surface area contributed by atoms with Crippen LogP contribution < -0.4 is 14.9 Å². The highest BCUT2D eigenvalue weighted by Crippen LogP contribution is 2.40. The Morgan fingerprint density at radius 2 is 1.82 bits per heavy atom. The lowest BCUT2D eigenvalue weighted by Crippen LogP contribution is -2.47. The van der Waals surface area contributed by atoms with Gasteiger partial charge in [-0.05, 0) is 55.7 Å². The molecule has 1 amide bonds. The molecule has 12 nitrogen and oxygen atoms in total. The van der Waals surface area contributed by atoms with Crippen LogP contribution in [0.3, 0.4) is 0 Å². The molecule has 2 unspecified atom stereocenters. The number of non-ortho nitro benzene ring substituents is 1. The highest BCUT2D eigenvalue weighted by molar-refractivity contribution is 5.96. The first kappa shape index (κ1) is 30.9. The van der Waals surface area contributed by atoms with Gasteiger partial charge < -0.3 is 19.1 Å². The Morgan fingerprint density at radius 1 is 1.09 bits per heavy atom. The number of aromatic nitrogens is 2. The Labute approximate surface area is 256 Å². The Kier molecular flexibility index (Phi) is 8.88. The van der Waals surface area contributed by atoms with Crippen molar-refractivity contribution in [3.8, 4) is 11.5 Å². The van der Waals surface area contributed by atoms with Gasteiger partial charge >= 0.3 is 6.16 Å². The normalized spacial score (nSPS) is 14.8. The summed E-state index contributed by atoms with van der Waals surface area (Å²) in [4.78, 5) is 50.9. The lowest BCUT2D eigenvalue weighted by atomic mass is 9.83. The van der Waals surface area contributed by atoms with Gasteiger partial charge in [0.15, 0.2) is 5.69 Å². The van der Waals surface area contributed by atoms with Crippen molar-refractivity contribution in [2.24, 2.45) is 0 Å². The summed E-state index contributed by atoms with van der Waals surface area (Å²) in [7, 11) is 0. The number of benzene rings is 3. The first-order valence-electron chi connectivity index (χ1n) is 14.0. The van der Waals surface area contributed by atoms with Crippen molar-refractivity contribution in [3.63, 3.8) is 0 Å². The van der Waals surface area contributed by atoms with Crippen molar-refractivity contribution in [3.05, 3.63) is 127 Å². The highest BCUT2D eigenvalue weighted by atomic mass is 19.1. The lowest BCUT2D eigenvalue weighted by Gasteiger charge is -2.39. The standard InChI is InChI=1S/C32H29FN4O8/c1-4-35-17-25(28(21-8-5-7-19(2)13-21)22-9-6-10-23(33)15-22)36-29(31(35)39)30(26(38)16-34-36)43-18-44-32(40)45-27-12-11-24(37(41)42)14-20(27)3/h5-16,25,28H,4,17-18H2,1-3H3. The molecule has 0 saturated carbocycles. The molecule has 3 aromatic carbocycles. The molecule has 2 atom stereocenters. The van der Waals surface area contributed by atoms with Crippen molar-refractivity contribution in [1.82, 2.24) is 14.7 Å². The maximum atomic E-state index is 14.5. The number of ether oxygens (including phenoxy) is 3. The predicted octanol–water partition coefficient (Wildman–Crippen LogP) is 5.31. The van der Waals surface area contributed by atoms with Gasteiger partial charge in [0.2, 0.25) is 18.0 Å². The summed E-state index contributed by atoms with van der Waals surface area (Å²) in [6.07, 6.45) is -0.182. The Balaban J connectivity index is 1.46. The zero-order chi connectivity index (χ0) is 32.2. The van der Waals surface area contributed by atoms with Crippen LogP contribution in [0.15, 0.2) is 77.7 Å². The van der Waals surface area contributed by atoms with Crippen molar-refractivity contribution >= 4 is 17.7 Å². The number of carbonyl (C=O) groups is 2. The van der Waals surface area contributed by atoms with E-state index in [2.05, 4.69) is 5.10 Å². The van der Waals surface area contributed by atoms with Gasteiger partial charge in [0.05, 0.1) is 17.2 Å². The first-order valence-corrected chi connectivity index (χ1v) is 14.0. The molecule has 0 saturated heterocycles. The smallest absolute Gasteiger partial charge is 0.451 e. The third-order valence-electron chi connectivity index (χ3n) is 7.50. The fraction of sp³-hybridized carbons (Fsp3) is 0.250. The minimum Gasteiger partial charge on any atom is -0.451 e. The van der Waals surface area contributed by atoms with E-state index in [1.54, 1.807) is 24.0 Å². The van der Waals surface area contributed by atoms with Gasteiger partial charge in [0.1, 0.15) is 11.6 Å². The van der Waals surface area contributed by atoms with Crippen LogP contribution in [0, 0.1) is 29.8 Å². The van der Waals surface area contributed by atoms with Crippen LogP contribution in [-0.2, 0) is 4.74 Å². The monoisotopic (exact) mass is 616 g/mol. The van der Waals surface area contributed by atoms with Crippen LogP contribution in [0.5, 0.6) is 11.5 Å². The average molecular weight is 617 g/mol. The van der Waals surface area contributed by atoms with Gasteiger partial charge in [-0.15, -0.1) is 0 Å². The zero-order valence-electron chi connectivity index (χ0n) is 24.6. The van der Waals surface area contributed by atoms with E-state index in [0.717, 1.165) is 17.3 Å². The Bertz CT molecular complexity index is 1800. The number of rotatable bonds is 9. The number of hydrogen-bond acceptors (Lipinski definition) is 9. The second-order valence-electron chi connectivity index (χ2n) is 10.5. The van der Waals surface area contributed by atoms with Gasteiger partial charge in [-0.2, -0.15) is 5.10 Å². The number of nitro groups is 1. The largest absolute Gasteiger partial charge is 0.516 e. The molecule has 1 aliphatic heterocycles. The highest BCUT2D eigenvalue weighted by Gasteiger charge is 2.39. The molecule has 232 valence electrons. The topological polar surface area (TPSA) is 143 Å². The number of nitro benzene ring substituents is 1. The van der Waals surface area contributed by atoms with Crippen LogP contribution in [0.1, 0.15) is 51.6 Å². The summed E-state index contributed by atoms with van der Waals surface area (Å²) < 4.78 is 31.6. The zero-order valence-corrected chi connectivity index (χ0v) is 24.6. The fourth-order valence-electron chi connectivity index (χ4n) is 5.41. The summed E-state index contributed by atoms with van der Waals surface area (Å²) in [6.45, 7) is 4.99. The number of carbonyl (C=O) groups excluding carboxylic acids is 2. The Hall–Kier alpha value is -5.59. The molecule has 0 fully saturated rings.